The number of hydrogen-bond acceptors (Lipinski definition) is 6. The number of hydrogen-bond donors (Lipinski definition) is 0. The molecule has 17 heavy (non-hydrogen) atoms. The summed E-state index contributed by atoms with van der Waals surface area (Å²) in [6.07, 6.45) is 3.99. The lowest BCUT2D eigenvalue weighted by Crippen LogP contribution is -1.82. The molecule has 1 aromatic carbocycles. The summed E-state index contributed by atoms with van der Waals surface area (Å²) in [4.78, 5) is 40.7. The molecule has 0 atom stereocenters. The highest BCUT2D eigenvalue weighted by Gasteiger charge is 2.09. The van der Waals surface area contributed by atoms with Crippen molar-refractivity contribution in [2.45, 2.75) is 5.88 Å². The Bertz CT molecular complexity index is 541. The van der Waals surface area contributed by atoms with E-state index in [0.717, 1.165) is 0 Å². The van der Waals surface area contributed by atoms with Gasteiger partial charge >= 0.3 is 0 Å². The van der Waals surface area contributed by atoms with E-state index in [4.69, 9.17) is 11.6 Å². The largest absolute Gasteiger partial charge is 0.240 e. The SMILES string of the molecule is O=C=Nc1cc(N=C=O)c(CCl)c(N=C=O)c1. The van der Waals surface area contributed by atoms with Gasteiger partial charge in [0.05, 0.1) is 22.9 Å². The molecule has 0 saturated heterocycles. The second-order valence-corrected chi connectivity index (χ2v) is 2.97. The van der Waals surface area contributed by atoms with Crippen LogP contribution in [-0.4, -0.2) is 18.2 Å². The molecule has 84 valence electrons. The monoisotopic (exact) mass is 249 g/mol. The van der Waals surface area contributed by atoms with Gasteiger partial charge < -0.3 is 0 Å². The first-order valence-corrected chi connectivity index (χ1v) is 4.76. The van der Waals surface area contributed by atoms with Crippen LogP contribution in [0.15, 0.2) is 27.1 Å². The zero-order valence-corrected chi connectivity index (χ0v) is 9.06. The molecule has 0 fully saturated rings. The number of halogens is 1. The summed E-state index contributed by atoms with van der Waals surface area (Å²) in [5, 5.41) is 0. The normalized spacial score (nSPS) is 8.53. The standard InChI is InChI=1S/C10H4ClN3O3/c11-3-8-9(13-5-16)1-7(12-4-15)2-10(8)14-6-17/h1-2H,3H2. The van der Waals surface area contributed by atoms with E-state index in [1.807, 2.05) is 0 Å². The Morgan fingerprint density at radius 1 is 0.941 bits per heavy atom. The van der Waals surface area contributed by atoms with Gasteiger partial charge in [-0.1, -0.05) is 0 Å². The molecule has 0 spiro atoms. The maximum Gasteiger partial charge on any atom is 0.240 e. The van der Waals surface area contributed by atoms with Crippen molar-refractivity contribution in [3.05, 3.63) is 17.7 Å². The molecule has 0 radical (unpaired) electrons. The molecule has 0 amide bonds. The van der Waals surface area contributed by atoms with Crippen LogP contribution in [0.1, 0.15) is 5.56 Å². The summed E-state index contributed by atoms with van der Waals surface area (Å²) < 4.78 is 0. The Balaban J connectivity index is 3.60. The fourth-order valence-electron chi connectivity index (χ4n) is 1.18. The molecule has 0 unspecified atom stereocenters. The maximum atomic E-state index is 10.2. The molecular weight excluding hydrogens is 246 g/mol. The Kier molecular flexibility index (Phi) is 4.70. The van der Waals surface area contributed by atoms with Crippen molar-refractivity contribution in [2.24, 2.45) is 15.0 Å². The quantitative estimate of drug-likeness (QED) is 0.466. The van der Waals surface area contributed by atoms with E-state index in [1.54, 1.807) is 0 Å². The number of alkyl halides is 1. The summed E-state index contributed by atoms with van der Waals surface area (Å²) in [5.74, 6) is -0.0217. The van der Waals surface area contributed by atoms with Gasteiger partial charge in [0, 0.05) is 5.56 Å². The first-order valence-electron chi connectivity index (χ1n) is 4.23. The van der Waals surface area contributed by atoms with E-state index in [0.29, 0.717) is 5.56 Å². The molecule has 0 aromatic heterocycles. The minimum atomic E-state index is -0.0217. The van der Waals surface area contributed by atoms with Gasteiger partial charge in [-0.15, -0.1) is 11.6 Å². The average Bonchev–Trinajstić information content (AvgIpc) is 2.30. The van der Waals surface area contributed by atoms with Crippen molar-refractivity contribution in [3.8, 4) is 0 Å². The van der Waals surface area contributed by atoms with Crippen molar-refractivity contribution < 1.29 is 14.4 Å². The first-order chi connectivity index (χ1) is 8.26. The van der Waals surface area contributed by atoms with Gasteiger partial charge in [0.15, 0.2) is 0 Å². The molecule has 0 N–H and O–H groups in total. The van der Waals surface area contributed by atoms with Gasteiger partial charge in [0.25, 0.3) is 0 Å². The van der Waals surface area contributed by atoms with Crippen LogP contribution in [0.2, 0.25) is 0 Å². The first kappa shape index (κ1) is 12.7. The molecule has 0 saturated carbocycles. The van der Waals surface area contributed by atoms with Crippen molar-refractivity contribution in [1.82, 2.24) is 0 Å². The lowest BCUT2D eigenvalue weighted by molar-refractivity contribution is 0.565. The number of nitrogens with zero attached hydrogens (tertiary/aromatic N) is 3. The van der Waals surface area contributed by atoms with Gasteiger partial charge in [-0.25, -0.2) is 14.4 Å². The molecule has 0 aliphatic heterocycles. The highest BCUT2D eigenvalue weighted by molar-refractivity contribution is 6.18. The number of aliphatic imine (C=N–C) groups is 3. The second kappa shape index (κ2) is 6.28. The van der Waals surface area contributed by atoms with Crippen molar-refractivity contribution in [2.75, 3.05) is 0 Å². The van der Waals surface area contributed by atoms with Gasteiger partial charge in [-0.3, -0.25) is 0 Å². The smallest absolute Gasteiger partial charge is 0.211 e. The predicted molar refractivity (Wildman–Crippen MR) is 59.3 cm³/mol. The molecule has 6 nitrogen and oxygen atoms in total. The van der Waals surface area contributed by atoms with Crippen LogP contribution < -0.4 is 0 Å². The van der Waals surface area contributed by atoms with Crippen LogP contribution in [0.25, 0.3) is 0 Å². The van der Waals surface area contributed by atoms with Crippen LogP contribution in [0, 0.1) is 0 Å². The third-order valence-electron chi connectivity index (χ3n) is 1.83. The number of rotatable bonds is 4. The van der Waals surface area contributed by atoms with Crippen LogP contribution in [0.4, 0.5) is 17.1 Å². The fourth-order valence-corrected chi connectivity index (χ4v) is 1.45. The zero-order chi connectivity index (χ0) is 12.7. The summed E-state index contributed by atoms with van der Waals surface area (Å²) >= 11 is 5.65. The molecule has 1 aromatic rings. The Labute approximate surface area is 100 Å². The van der Waals surface area contributed by atoms with Gasteiger partial charge in [0.2, 0.25) is 18.2 Å². The molecule has 7 heteroatoms. The van der Waals surface area contributed by atoms with E-state index in [-0.39, 0.29) is 22.9 Å². The van der Waals surface area contributed by atoms with Gasteiger partial charge in [-0.2, -0.15) is 15.0 Å². The van der Waals surface area contributed by atoms with E-state index >= 15 is 0 Å². The molecule has 0 heterocycles. The third-order valence-corrected chi connectivity index (χ3v) is 2.10. The number of carbonyl (C=O) groups excluding carboxylic acids is 3. The average molecular weight is 250 g/mol. The lowest BCUT2D eigenvalue weighted by Gasteiger charge is -2.04. The molecule has 0 bridgehead atoms. The minimum Gasteiger partial charge on any atom is -0.211 e. The van der Waals surface area contributed by atoms with E-state index in [9.17, 15) is 14.4 Å². The predicted octanol–water partition coefficient (Wildman–Crippen LogP) is 2.33. The van der Waals surface area contributed by atoms with Crippen LogP contribution in [0.3, 0.4) is 0 Å². The van der Waals surface area contributed by atoms with Crippen LogP contribution in [-0.2, 0) is 20.3 Å². The van der Waals surface area contributed by atoms with Crippen molar-refractivity contribution in [3.63, 3.8) is 0 Å². The maximum absolute atomic E-state index is 10.2. The van der Waals surface area contributed by atoms with E-state index in [1.165, 1.54) is 30.4 Å². The minimum absolute atomic E-state index is 0.0217. The van der Waals surface area contributed by atoms with Crippen LogP contribution >= 0.6 is 11.6 Å². The lowest BCUT2D eigenvalue weighted by atomic mass is 10.1. The summed E-state index contributed by atoms with van der Waals surface area (Å²) in [7, 11) is 0. The van der Waals surface area contributed by atoms with E-state index < -0.39 is 0 Å². The van der Waals surface area contributed by atoms with Crippen LogP contribution in [0.5, 0.6) is 0 Å². The third kappa shape index (κ3) is 3.05. The van der Waals surface area contributed by atoms with Crippen molar-refractivity contribution >= 4 is 46.9 Å². The van der Waals surface area contributed by atoms with Crippen molar-refractivity contribution in [1.29, 1.82) is 0 Å². The Morgan fingerprint density at radius 3 is 1.76 bits per heavy atom. The molecule has 0 aliphatic carbocycles. The topological polar surface area (TPSA) is 88.3 Å². The summed E-state index contributed by atoms with van der Waals surface area (Å²) in [6.45, 7) is 0. The zero-order valence-electron chi connectivity index (χ0n) is 8.31. The summed E-state index contributed by atoms with van der Waals surface area (Å²) in [5.41, 5.74) is 0.779. The fraction of sp³-hybridized carbons (Fsp3) is 0.100. The molecule has 0 aliphatic rings. The second-order valence-electron chi connectivity index (χ2n) is 2.71. The van der Waals surface area contributed by atoms with Gasteiger partial charge in [0.1, 0.15) is 0 Å². The molecular formula is C10H4ClN3O3. The highest BCUT2D eigenvalue weighted by Crippen LogP contribution is 2.35. The number of isocyanates is 3. The number of benzene rings is 1. The van der Waals surface area contributed by atoms with Gasteiger partial charge in [-0.05, 0) is 12.1 Å². The Hall–Kier alpha value is -2.35. The van der Waals surface area contributed by atoms with E-state index in [2.05, 4.69) is 15.0 Å². The molecule has 1 rings (SSSR count). The highest BCUT2D eigenvalue weighted by atomic mass is 35.5. The Morgan fingerprint density at radius 2 is 1.41 bits per heavy atom. The summed E-state index contributed by atoms with van der Waals surface area (Å²) in [6, 6.07) is 2.66.